The van der Waals surface area contributed by atoms with E-state index in [4.69, 9.17) is 4.74 Å². The van der Waals surface area contributed by atoms with Gasteiger partial charge < -0.3 is 9.72 Å². The number of hydrogen-bond donors (Lipinski definition) is 2. The normalized spacial score (nSPS) is 24.6. The zero-order chi connectivity index (χ0) is 13.3. The third kappa shape index (κ3) is 2.66. The van der Waals surface area contributed by atoms with Gasteiger partial charge in [-0.15, -0.1) is 0 Å². The predicted octanol–water partition coefficient (Wildman–Crippen LogP) is 0.591. The van der Waals surface area contributed by atoms with E-state index in [1.807, 2.05) is 0 Å². The minimum Gasteiger partial charge on any atom is -0.380 e. The second kappa shape index (κ2) is 5.12. The van der Waals surface area contributed by atoms with Crippen molar-refractivity contribution in [3.05, 3.63) is 15.4 Å². The molecular formula is C10H16N2O4S2. The van der Waals surface area contributed by atoms with E-state index in [0.29, 0.717) is 17.0 Å². The van der Waals surface area contributed by atoms with Crippen LogP contribution in [0.2, 0.25) is 0 Å². The third-order valence-electron chi connectivity index (χ3n) is 3.09. The lowest BCUT2D eigenvalue weighted by Crippen LogP contribution is -2.40. The molecule has 2 rings (SSSR count). The first kappa shape index (κ1) is 13.7. The fourth-order valence-corrected chi connectivity index (χ4v) is 4.86. The standard InChI is InChI=1S/C10H16N2O4S2/c1-6-9(17-10(13)11-6)18(14,15)12-7-4-3-5-8(7)16-2/h7-8,12H,3-5H2,1-2H3,(H,11,13). The summed E-state index contributed by atoms with van der Waals surface area (Å²) in [5.41, 5.74) is 0.379. The minimum absolute atomic E-state index is 0.0641. The predicted molar refractivity (Wildman–Crippen MR) is 68.4 cm³/mol. The second-order valence-corrected chi connectivity index (χ2v) is 7.25. The Morgan fingerprint density at radius 1 is 1.44 bits per heavy atom. The lowest BCUT2D eigenvalue weighted by Gasteiger charge is -2.19. The maximum Gasteiger partial charge on any atom is 0.305 e. The molecule has 102 valence electrons. The third-order valence-corrected chi connectivity index (χ3v) is 6.18. The molecule has 1 saturated carbocycles. The summed E-state index contributed by atoms with van der Waals surface area (Å²) < 4.78 is 32.3. The number of aryl methyl sites for hydroxylation is 1. The molecule has 1 aliphatic rings. The Morgan fingerprint density at radius 3 is 2.72 bits per heavy atom. The molecule has 0 aliphatic heterocycles. The average Bonchev–Trinajstić information content (AvgIpc) is 2.84. The van der Waals surface area contributed by atoms with Gasteiger partial charge in [0.05, 0.1) is 6.10 Å². The first-order valence-corrected chi connectivity index (χ1v) is 7.99. The van der Waals surface area contributed by atoms with E-state index in [9.17, 15) is 13.2 Å². The number of thiazole rings is 1. The van der Waals surface area contributed by atoms with E-state index in [2.05, 4.69) is 9.71 Å². The number of hydrogen-bond acceptors (Lipinski definition) is 5. The molecule has 0 amide bonds. The van der Waals surface area contributed by atoms with Crippen LogP contribution >= 0.6 is 11.3 Å². The van der Waals surface area contributed by atoms with Gasteiger partial charge in [0.15, 0.2) is 4.21 Å². The lowest BCUT2D eigenvalue weighted by atomic mass is 10.2. The second-order valence-electron chi connectivity index (χ2n) is 4.36. The highest BCUT2D eigenvalue weighted by molar-refractivity contribution is 7.91. The van der Waals surface area contributed by atoms with Gasteiger partial charge in [0.25, 0.3) is 10.0 Å². The van der Waals surface area contributed by atoms with Crippen LogP contribution in [-0.2, 0) is 14.8 Å². The SMILES string of the molecule is COC1CCCC1NS(=O)(=O)c1sc(=O)[nH]c1C. The largest absolute Gasteiger partial charge is 0.380 e. The van der Waals surface area contributed by atoms with Crippen LogP contribution in [0.1, 0.15) is 25.0 Å². The van der Waals surface area contributed by atoms with Gasteiger partial charge in [-0.3, -0.25) is 4.79 Å². The van der Waals surface area contributed by atoms with Crippen molar-refractivity contribution in [2.24, 2.45) is 0 Å². The van der Waals surface area contributed by atoms with Crippen LogP contribution in [0.4, 0.5) is 0 Å². The maximum atomic E-state index is 12.2. The minimum atomic E-state index is -3.64. The lowest BCUT2D eigenvalue weighted by molar-refractivity contribution is 0.0916. The molecule has 2 unspecified atom stereocenters. The molecule has 1 aliphatic carbocycles. The van der Waals surface area contributed by atoms with Crippen molar-refractivity contribution in [3.63, 3.8) is 0 Å². The summed E-state index contributed by atoms with van der Waals surface area (Å²) in [4.78, 5) is 13.3. The number of methoxy groups -OCH3 is 1. The molecule has 1 aromatic rings. The van der Waals surface area contributed by atoms with Crippen molar-refractivity contribution >= 4 is 21.4 Å². The highest BCUT2D eigenvalue weighted by Crippen LogP contribution is 2.24. The summed E-state index contributed by atoms with van der Waals surface area (Å²) in [7, 11) is -2.06. The van der Waals surface area contributed by atoms with Crippen LogP contribution in [0, 0.1) is 6.92 Å². The molecule has 2 N–H and O–H groups in total. The Balaban J connectivity index is 2.22. The van der Waals surface area contributed by atoms with Crippen molar-refractivity contribution < 1.29 is 13.2 Å². The fourth-order valence-electron chi connectivity index (χ4n) is 2.24. The van der Waals surface area contributed by atoms with Gasteiger partial charge in [-0.05, 0) is 26.2 Å². The number of aromatic amines is 1. The van der Waals surface area contributed by atoms with Crippen molar-refractivity contribution in [3.8, 4) is 0 Å². The molecule has 1 aromatic heterocycles. The Morgan fingerprint density at radius 2 is 2.17 bits per heavy atom. The first-order valence-electron chi connectivity index (χ1n) is 5.69. The Bertz CT molecular complexity index is 575. The van der Waals surface area contributed by atoms with E-state index in [0.717, 1.165) is 19.3 Å². The first-order chi connectivity index (χ1) is 8.44. The monoisotopic (exact) mass is 292 g/mol. The molecular weight excluding hydrogens is 276 g/mol. The highest BCUT2D eigenvalue weighted by Gasteiger charge is 2.32. The van der Waals surface area contributed by atoms with Crippen LogP contribution < -0.4 is 9.60 Å². The molecule has 18 heavy (non-hydrogen) atoms. The van der Waals surface area contributed by atoms with Crippen molar-refractivity contribution in [1.29, 1.82) is 0 Å². The van der Waals surface area contributed by atoms with E-state index in [1.165, 1.54) is 0 Å². The molecule has 1 heterocycles. The number of aromatic nitrogens is 1. The van der Waals surface area contributed by atoms with Crippen LogP contribution in [0.15, 0.2) is 9.00 Å². The van der Waals surface area contributed by atoms with Crippen LogP contribution in [0.25, 0.3) is 0 Å². The number of ether oxygens (including phenoxy) is 1. The Hall–Kier alpha value is -0.700. The molecule has 0 spiro atoms. The van der Waals surface area contributed by atoms with Gasteiger partial charge >= 0.3 is 4.87 Å². The van der Waals surface area contributed by atoms with Gasteiger partial charge in [-0.1, -0.05) is 11.3 Å². The number of rotatable bonds is 4. The van der Waals surface area contributed by atoms with Crippen LogP contribution in [-0.4, -0.2) is 32.7 Å². The van der Waals surface area contributed by atoms with Gasteiger partial charge in [0, 0.05) is 18.8 Å². The number of nitrogens with one attached hydrogen (secondary N) is 2. The average molecular weight is 292 g/mol. The van der Waals surface area contributed by atoms with Crippen LogP contribution in [0.3, 0.4) is 0 Å². The van der Waals surface area contributed by atoms with E-state index < -0.39 is 10.0 Å². The zero-order valence-corrected chi connectivity index (χ0v) is 11.9. The van der Waals surface area contributed by atoms with Gasteiger partial charge in [-0.25, -0.2) is 13.1 Å². The number of H-pyrrole nitrogens is 1. The fraction of sp³-hybridized carbons (Fsp3) is 0.700. The maximum absolute atomic E-state index is 12.2. The number of sulfonamides is 1. The Kier molecular flexibility index (Phi) is 3.90. The summed E-state index contributed by atoms with van der Waals surface area (Å²) in [6.07, 6.45) is 2.46. The summed E-state index contributed by atoms with van der Waals surface area (Å²) >= 11 is 0.711. The molecule has 1 fully saturated rings. The quantitative estimate of drug-likeness (QED) is 0.850. The topological polar surface area (TPSA) is 88.3 Å². The van der Waals surface area contributed by atoms with Crippen molar-refractivity contribution in [2.45, 2.75) is 42.5 Å². The summed E-state index contributed by atoms with van der Waals surface area (Å²) in [6, 6.07) is -0.211. The van der Waals surface area contributed by atoms with Gasteiger partial charge in [-0.2, -0.15) is 0 Å². The molecule has 0 aromatic carbocycles. The molecule has 8 heteroatoms. The van der Waals surface area contributed by atoms with Gasteiger partial charge in [0.2, 0.25) is 0 Å². The highest BCUT2D eigenvalue weighted by atomic mass is 32.2. The molecule has 2 atom stereocenters. The molecule has 0 saturated heterocycles. The summed E-state index contributed by atoms with van der Waals surface area (Å²) in [5, 5.41) is 0. The smallest absolute Gasteiger partial charge is 0.305 e. The molecule has 0 radical (unpaired) electrons. The Labute approximate surface area is 109 Å². The van der Waals surface area contributed by atoms with E-state index in [-0.39, 0.29) is 21.2 Å². The van der Waals surface area contributed by atoms with Crippen molar-refractivity contribution in [1.82, 2.24) is 9.71 Å². The van der Waals surface area contributed by atoms with Crippen molar-refractivity contribution in [2.75, 3.05) is 7.11 Å². The van der Waals surface area contributed by atoms with Crippen LogP contribution in [0.5, 0.6) is 0 Å². The summed E-state index contributed by atoms with van der Waals surface area (Å²) in [6.45, 7) is 1.58. The molecule has 6 nitrogen and oxygen atoms in total. The zero-order valence-electron chi connectivity index (χ0n) is 10.2. The molecule has 0 bridgehead atoms. The van der Waals surface area contributed by atoms with Gasteiger partial charge in [0.1, 0.15) is 0 Å². The van der Waals surface area contributed by atoms with E-state index in [1.54, 1.807) is 14.0 Å². The summed E-state index contributed by atoms with van der Waals surface area (Å²) in [5.74, 6) is 0. The van der Waals surface area contributed by atoms with E-state index >= 15 is 0 Å².